The number of hydrogen-bond acceptors (Lipinski definition) is 9. The number of rotatable bonds is 12. The summed E-state index contributed by atoms with van der Waals surface area (Å²) >= 11 is 6.73. The molecule has 236 valence electrons. The van der Waals surface area contributed by atoms with Gasteiger partial charge in [-0.25, -0.2) is 0 Å². The molecular weight excluding hydrogens is 538 g/mol. The van der Waals surface area contributed by atoms with Crippen molar-refractivity contribution in [2.75, 3.05) is 37.1 Å². The van der Waals surface area contributed by atoms with Crippen LogP contribution in [0.5, 0.6) is 0 Å². The van der Waals surface area contributed by atoms with Crippen LogP contribution in [-0.2, 0) is 9.68 Å². The van der Waals surface area contributed by atoms with E-state index in [1.807, 2.05) is 0 Å². The molecule has 2 saturated heterocycles. The van der Waals surface area contributed by atoms with Crippen LogP contribution in [0.4, 0.5) is 11.9 Å². The van der Waals surface area contributed by atoms with E-state index in [1.54, 1.807) is 14.2 Å². The Balaban J connectivity index is 2.04. The molecule has 1 aromatic heterocycles. The number of hydrogen-bond donors (Lipinski definition) is 0. The van der Waals surface area contributed by atoms with Crippen LogP contribution < -0.4 is 9.80 Å². The van der Waals surface area contributed by atoms with E-state index in [9.17, 15) is 0 Å². The van der Waals surface area contributed by atoms with Gasteiger partial charge in [-0.15, -0.1) is 0 Å². The zero-order valence-corrected chi connectivity index (χ0v) is 28.8. The molecule has 0 spiro atoms. The number of hydroxylamine groups is 4. The minimum Gasteiger partial charge on any atom is -0.338 e. The Morgan fingerprint density at radius 3 is 1.24 bits per heavy atom. The van der Waals surface area contributed by atoms with Gasteiger partial charge in [0, 0.05) is 47.3 Å². The summed E-state index contributed by atoms with van der Waals surface area (Å²) in [6.07, 6.45) is 8.04. The van der Waals surface area contributed by atoms with Gasteiger partial charge in [-0.1, -0.05) is 26.7 Å². The van der Waals surface area contributed by atoms with E-state index in [2.05, 4.69) is 89.2 Å². The van der Waals surface area contributed by atoms with E-state index < -0.39 is 0 Å². The molecule has 1 aromatic rings. The van der Waals surface area contributed by atoms with Crippen LogP contribution in [0.2, 0.25) is 5.28 Å². The first kappa shape index (κ1) is 34.2. The van der Waals surface area contributed by atoms with Gasteiger partial charge in [0.1, 0.15) is 0 Å². The normalized spacial score (nSPS) is 23.0. The van der Waals surface area contributed by atoms with E-state index >= 15 is 0 Å². The minimum absolute atomic E-state index is 0.148. The zero-order chi connectivity index (χ0) is 30.8. The van der Waals surface area contributed by atoms with Crippen molar-refractivity contribution in [3.8, 4) is 0 Å². The fraction of sp³-hybridized carbons (Fsp3) is 0.903. The predicted molar refractivity (Wildman–Crippen MR) is 169 cm³/mol. The molecule has 0 radical (unpaired) electrons. The molecule has 10 heteroatoms. The van der Waals surface area contributed by atoms with Crippen molar-refractivity contribution in [2.45, 2.75) is 155 Å². The Kier molecular flexibility index (Phi) is 11.0. The first-order valence-corrected chi connectivity index (χ1v) is 16.0. The Hall–Kier alpha value is -1.26. The molecule has 0 aromatic carbocycles. The Bertz CT molecular complexity index is 892. The highest BCUT2D eigenvalue weighted by Gasteiger charge is 2.49. The van der Waals surface area contributed by atoms with Crippen molar-refractivity contribution in [1.29, 1.82) is 0 Å². The van der Waals surface area contributed by atoms with Crippen molar-refractivity contribution in [3.63, 3.8) is 0 Å². The summed E-state index contributed by atoms with van der Waals surface area (Å²) in [6, 6.07) is 0.493. The van der Waals surface area contributed by atoms with Gasteiger partial charge in [0.05, 0.1) is 14.2 Å². The molecule has 2 aliphatic heterocycles. The number of unbranched alkanes of at least 4 members (excludes halogenated alkanes) is 2. The lowest BCUT2D eigenvalue weighted by molar-refractivity contribution is -0.266. The fourth-order valence-corrected chi connectivity index (χ4v) is 8.14. The summed E-state index contributed by atoms with van der Waals surface area (Å²) in [5, 5.41) is 4.57. The van der Waals surface area contributed by atoms with Crippen molar-refractivity contribution in [3.05, 3.63) is 5.28 Å². The molecule has 0 amide bonds. The molecule has 0 bridgehead atoms. The lowest BCUT2D eigenvalue weighted by atomic mass is 9.78. The topological polar surface area (TPSA) is 70.1 Å². The molecule has 2 fully saturated rings. The highest BCUT2D eigenvalue weighted by Crippen LogP contribution is 2.43. The summed E-state index contributed by atoms with van der Waals surface area (Å²) in [4.78, 5) is 31.3. The second kappa shape index (κ2) is 13.2. The molecule has 0 saturated carbocycles. The number of piperidine rings is 2. The quantitative estimate of drug-likeness (QED) is 0.256. The third-order valence-corrected chi connectivity index (χ3v) is 9.16. The predicted octanol–water partition coefficient (Wildman–Crippen LogP) is 6.90. The second-order valence-electron chi connectivity index (χ2n) is 14.6. The van der Waals surface area contributed by atoms with Crippen LogP contribution in [0.15, 0.2) is 0 Å². The molecule has 0 unspecified atom stereocenters. The standard InChI is InChI=1S/C31H58ClN7O2/c1-13-15-17-36(23-19-28(3,4)38(40-11)29(5,6)20-23)26-33-25(32)34-27(35-26)37(18-16-14-2)24-21-30(7,8)39(41-12)31(9,10)22-24/h23-24H,13-22H2,1-12H3. The van der Waals surface area contributed by atoms with Crippen LogP contribution in [0, 0.1) is 0 Å². The van der Waals surface area contributed by atoms with E-state index in [0.29, 0.717) is 11.9 Å². The van der Waals surface area contributed by atoms with Crippen molar-refractivity contribution >= 4 is 23.5 Å². The molecule has 3 rings (SSSR count). The Morgan fingerprint density at radius 1 is 0.659 bits per heavy atom. The Morgan fingerprint density at radius 2 is 0.976 bits per heavy atom. The van der Waals surface area contributed by atoms with E-state index in [-0.39, 0.29) is 39.5 Å². The highest BCUT2D eigenvalue weighted by molar-refractivity contribution is 6.28. The lowest BCUT2D eigenvalue weighted by Crippen LogP contribution is -2.64. The zero-order valence-electron chi connectivity index (χ0n) is 28.1. The van der Waals surface area contributed by atoms with Crippen LogP contribution in [0.25, 0.3) is 0 Å². The summed E-state index contributed by atoms with van der Waals surface area (Å²) < 4.78 is 0. The van der Waals surface area contributed by atoms with Crippen LogP contribution >= 0.6 is 11.6 Å². The molecule has 3 heterocycles. The van der Waals surface area contributed by atoms with Crippen LogP contribution in [0.3, 0.4) is 0 Å². The van der Waals surface area contributed by atoms with E-state index in [0.717, 1.165) is 64.5 Å². The SMILES string of the molecule is CCCCN(c1nc(Cl)nc(N(CCCC)C2CC(C)(C)N(OC)C(C)(C)C2)n1)C1CC(C)(C)N(OC)C(C)(C)C1. The first-order chi connectivity index (χ1) is 19.0. The average molecular weight is 596 g/mol. The molecule has 0 N–H and O–H groups in total. The smallest absolute Gasteiger partial charge is 0.231 e. The average Bonchev–Trinajstić information content (AvgIpc) is 2.82. The number of halogens is 1. The summed E-state index contributed by atoms with van der Waals surface area (Å²) in [7, 11) is 3.56. The van der Waals surface area contributed by atoms with Gasteiger partial charge in [-0.2, -0.15) is 25.1 Å². The molecule has 9 nitrogen and oxygen atoms in total. The van der Waals surface area contributed by atoms with Gasteiger partial charge in [0.15, 0.2) is 0 Å². The Labute approximate surface area is 255 Å². The molecule has 0 aliphatic carbocycles. The van der Waals surface area contributed by atoms with Gasteiger partial charge in [0.25, 0.3) is 0 Å². The van der Waals surface area contributed by atoms with Crippen LogP contribution in [-0.4, -0.2) is 86.6 Å². The van der Waals surface area contributed by atoms with Gasteiger partial charge in [0.2, 0.25) is 17.2 Å². The second-order valence-corrected chi connectivity index (χ2v) is 15.0. The summed E-state index contributed by atoms with van der Waals surface area (Å²) in [5.74, 6) is 1.37. The number of nitrogens with zero attached hydrogens (tertiary/aromatic N) is 7. The summed E-state index contributed by atoms with van der Waals surface area (Å²) in [5.41, 5.74) is -0.592. The first-order valence-electron chi connectivity index (χ1n) is 15.7. The maximum Gasteiger partial charge on any atom is 0.231 e. The minimum atomic E-state index is -0.148. The highest BCUT2D eigenvalue weighted by atomic mass is 35.5. The van der Waals surface area contributed by atoms with Crippen molar-refractivity contribution < 1.29 is 9.68 Å². The fourth-order valence-electron chi connectivity index (χ4n) is 7.99. The van der Waals surface area contributed by atoms with Crippen LogP contribution in [0.1, 0.15) is 121 Å². The lowest BCUT2D eigenvalue weighted by Gasteiger charge is -2.55. The number of anilines is 2. The maximum atomic E-state index is 6.73. The summed E-state index contributed by atoms with van der Waals surface area (Å²) in [6.45, 7) is 24.3. The monoisotopic (exact) mass is 595 g/mol. The van der Waals surface area contributed by atoms with E-state index in [1.165, 1.54) is 0 Å². The van der Waals surface area contributed by atoms with Crippen molar-refractivity contribution in [2.24, 2.45) is 0 Å². The molecular formula is C31H58ClN7O2. The van der Waals surface area contributed by atoms with Gasteiger partial charge in [-0.05, 0) is 106 Å². The van der Waals surface area contributed by atoms with E-state index in [4.69, 9.17) is 36.2 Å². The number of aromatic nitrogens is 3. The maximum absolute atomic E-state index is 6.73. The largest absolute Gasteiger partial charge is 0.338 e. The molecule has 0 atom stereocenters. The van der Waals surface area contributed by atoms with Gasteiger partial charge >= 0.3 is 0 Å². The van der Waals surface area contributed by atoms with Crippen molar-refractivity contribution in [1.82, 2.24) is 25.1 Å². The third-order valence-electron chi connectivity index (χ3n) is 8.99. The third kappa shape index (κ3) is 7.64. The molecule has 41 heavy (non-hydrogen) atoms. The van der Waals surface area contributed by atoms with Gasteiger partial charge in [-0.3, -0.25) is 0 Å². The van der Waals surface area contributed by atoms with Gasteiger partial charge < -0.3 is 19.5 Å². The molecule has 2 aliphatic rings.